The predicted molar refractivity (Wildman–Crippen MR) is 82.3 cm³/mol. The van der Waals surface area contributed by atoms with Gasteiger partial charge in [-0.05, 0) is 85.9 Å². The molecule has 0 aromatic carbocycles. The van der Waals surface area contributed by atoms with Crippen LogP contribution >= 0.6 is 0 Å². The van der Waals surface area contributed by atoms with Gasteiger partial charge in [0, 0.05) is 0 Å². The molecule has 0 amide bonds. The molecule has 4 aliphatic carbocycles. The summed E-state index contributed by atoms with van der Waals surface area (Å²) in [6.45, 7) is 5.09. The first-order valence-electron chi connectivity index (χ1n) is 8.89. The molecule has 3 saturated carbocycles. The fourth-order valence-corrected chi connectivity index (χ4v) is 6.72. The SMILES string of the molecule is C[C@]12CC[C@H](O)C[C@H]1CC[C@@H]1[C@H]2CC[C@]2(C)C=CC[C@@H]12. The fourth-order valence-electron chi connectivity index (χ4n) is 6.72. The van der Waals surface area contributed by atoms with E-state index in [-0.39, 0.29) is 6.10 Å². The number of rotatable bonds is 0. The lowest BCUT2D eigenvalue weighted by Gasteiger charge is -2.60. The van der Waals surface area contributed by atoms with Gasteiger partial charge in [0.15, 0.2) is 0 Å². The molecule has 4 rings (SSSR count). The Balaban J connectivity index is 1.63. The van der Waals surface area contributed by atoms with Crippen LogP contribution in [0, 0.1) is 34.5 Å². The minimum atomic E-state index is -0.00775. The van der Waals surface area contributed by atoms with Crippen molar-refractivity contribution in [3.63, 3.8) is 0 Å². The highest BCUT2D eigenvalue weighted by Crippen LogP contribution is 2.64. The molecule has 112 valence electrons. The Morgan fingerprint density at radius 3 is 2.70 bits per heavy atom. The van der Waals surface area contributed by atoms with Crippen molar-refractivity contribution in [3.05, 3.63) is 12.2 Å². The summed E-state index contributed by atoms with van der Waals surface area (Å²) in [5.74, 6) is 3.61. The Kier molecular flexibility index (Phi) is 2.91. The zero-order chi connectivity index (χ0) is 14.0. The van der Waals surface area contributed by atoms with E-state index in [9.17, 15) is 5.11 Å². The zero-order valence-electron chi connectivity index (χ0n) is 13.1. The molecular formula is C19H30O. The van der Waals surface area contributed by atoms with Crippen LogP contribution in [-0.4, -0.2) is 11.2 Å². The van der Waals surface area contributed by atoms with E-state index in [1.807, 2.05) is 0 Å². The van der Waals surface area contributed by atoms with E-state index in [0.29, 0.717) is 10.8 Å². The predicted octanol–water partition coefficient (Wildman–Crippen LogP) is 4.56. The Morgan fingerprint density at radius 1 is 1.00 bits per heavy atom. The Hall–Kier alpha value is -0.300. The van der Waals surface area contributed by atoms with Gasteiger partial charge in [0.25, 0.3) is 0 Å². The summed E-state index contributed by atoms with van der Waals surface area (Å²) in [7, 11) is 0. The van der Waals surface area contributed by atoms with Crippen molar-refractivity contribution in [2.45, 2.75) is 71.3 Å². The third kappa shape index (κ3) is 1.71. The number of aliphatic hydroxyl groups excluding tert-OH is 1. The highest BCUT2D eigenvalue weighted by molar-refractivity contribution is 5.16. The number of allylic oxidation sites excluding steroid dienone is 2. The van der Waals surface area contributed by atoms with Gasteiger partial charge in [0.2, 0.25) is 0 Å². The van der Waals surface area contributed by atoms with E-state index in [1.165, 1.54) is 38.5 Å². The van der Waals surface area contributed by atoms with Gasteiger partial charge in [-0.1, -0.05) is 26.0 Å². The van der Waals surface area contributed by atoms with Crippen LogP contribution in [0.2, 0.25) is 0 Å². The van der Waals surface area contributed by atoms with E-state index in [1.54, 1.807) is 0 Å². The molecule has 7 atom stereocenters. The number of fused-ring (bicyclic) bond motifs is 5. The molecule has 0 radical (unpaired) electrons. The first-order chi connectivity index (χ1) is 9.53. The first-order valence-corrected chi connectivity index (χ1v) is 8.89. The Morgan fingerprint density at radius 2 is 1.85 bits per heavy atom. The van der Waals surface area contributed by atoms with E-state index in [2.05, 4.69) is 26.0 Å². The molecule has 0 heterocycles. The molecule has 0 aromatic rings. The van der Waals surface area contributed by atoms with Crippen molar-refractivity contribution in [1.82, 2.24) is 0 Å². The summed E-state index contributed by atoms with van der Waals surface area (Å²) < 4.78 is 0. The van der Waals surface area contributed by atoms with Crippen LogP contribution in [0.3, 0.4) is 0 Å². The van der Waals surface area contributed by atoms with E-state index in [0.717, 1.165) is 36.5 Å². The topological polar surface area (TPSA) is 20.2 Å². The van der Waals surface area contributed by atoms with Gasteiger partial charge in [0.1, 0.15) is 0 Å². The van der Waals surface area contributed by atoms with Gasteiger partial charge in [-0.15, -0.1) is 0 Å². The fraction of sp³-hybridized carbons (Fsp3) is 0.895. The standard InChI is InChI=1S/C19H30O/c1-18-9-3-4-16(18)15-6-5-13-12-14(20)7-11-19(13,2)17(15)8-10-18/h3,9,13-17,20H,4-8,10-12H2,1-2H3/t13-,14+,15+,16+,17-,18+,19+/m1/s1. The quantitative estimate of drug-likeness (QED) is 0.642. The average Bonchev–Trinajstić information content (AvgIpc) is 2.81. The molecule has 1 N–H and O–H groups in total. The van der Waals surface area contributed by atoms with Crippen LogP contribution in [-0.2, 0) is 0 Å². The molecule has 0 bridgehead atoms. The van der Waals surface area contributed by atoms with E-state index < -0.39 is 0 Å². The summed E-state index contributed by atoms with van der Waals surface area (Å²) in [4.78, 5) is 0. The first kappa shape index (κ1) is 13.4. The molecule has 3 fully saturated rings. The molecule has 1 nitrogen and oxygen atoms in total. The molecule has 0 aliphatic heterocycles. The van der Waals surface area contributed by atoms with E-state index >= 15 is 0 Å². The second-order valence-corrected chi connectivity index (χ2v) is 8.77. The third-order valence-corrected chi connectivity index (χ3v) is 7.96. The molecule has 0 saturated heterocycles. The maximum atomic E-state index is 10.0. The number of hydrogen-bond acceptors (Lipinski definition) is 1. The lowest BCUT2D eigenvalue weighted by atomic mass is 9.45. The second kappa shape index (κ2) is 4.35. The minimum absolute atomic E-state index is 0.00775. The van der Waals surface area contributed by atoms with Crippen molar-refractivity contribution >= 4 is 0 Å². The van der Waals surface area contributed by atoms with Crippen LogP contribution in [0.4, 0.5) is 0 Å². The maximum absolute atomic E-state index is 10.0. The minimum Gasteiger partial charge on any atom is -0.393 e. The lowest BCUT2D eigenvalue weighted by Crippen LogP contribution is -2.53. The molecule has 4 aliphatic rings. The van der Waals surface area contributed by atoms with Crippen LogP contribution < -0.4 is 0 Å². The van der Waals surface area contributed by atoms with Gasteiger partial charge >= 0.3 is 0 Å². The summed E-state index contributed by atoms with van der Waals surface area (Å²) in [6.07, 6.45) is 15.4. The maximum Gasteiger partial charge on any atom is 0.0543 e. The zero-order valence-corrected chi connectivity index (χ0v) is 13.1. The van der Waals surface area contributed by atoms with Crippen molar-refractivity contribution in [1.29, 1.82) is 0 Å². The highest BCUT2D eigenvalue weighted by Gasteiger charge is 2.56. The van der Waals surface area contributed by atoms with Crippen LogP contribution in [0.1, 0.15) is 65.2 Å². The Labute approximate surface area is 123 Å². The largest absolute Gasteiger partial charge is 0.393 e. The molecule has 0 unspecified atom stereocenters. The molecule has 0 spiro atoms. The number of aliphatic hydroxyl groups is 1. The molecular weight excluding hydrogens is 244 g/mol. The van der Waals surface area contributed by atoms with Crippen molar-refractivity contribution < 1.29 is 5.11 Å². The van der Waals surface area contributed by atoms with Crippen LogP contribution in [0.25, 0.3) is 0 Å². The number of hydrogen-bond donors (Lipinski definition) is 1. The average molecular weight is 274 g/mol. The van der Waals surface area contributed by atoms with Crippen LogP contribution in [0.5, 0.6) is 0 Å². The highest BCUT2D eigenvalue weighted by atomic mass is 16.3. The van der Waals surface area contributed by atoms with Gasteiger partial charge in [-0.3, -0.25) is 0 Å². The van der Waals surface area contributed by atoms with Crippen molar-refractivity contribution in [2.75, 3.05) is 0 Å². The monoisotopic (exact) mass is 274 g/mol. The van der Waals surface area contributed by atoms with Crippen molar-refractivity contribution in [3.8, 4) is 0 Å². The third-order valence-electron chi connectivity index (χ3n) is 7.96. The van der Waals surface area contributed by atoms with Gasteiger partial charge < -0.3 is 5.11 Å². The molecule has 1 heteroatoms. The molecule has 20 heavy (non-hydrogen) atoms. The Bertz CT molecular complexity index is 427. The normalized spacial score (nSPS) is 57.9. The summed E-state index contributed by atoms with van der Waals surface area (Å²) in [5, 5.41) is 10.0. The van der Waals surface area contributed by atoms with Crippen molar-refractivity contribution in [2.24, 2.45) is 34.5 Å². The van der Waals surface area contributed by atoms with Crippen LogP contribution in [0.15, 0.2) is 12.2 Å². The van der Waals surface area contributed by atoms with Gasteiger partial charge in [-0.25, -0.2) is 0 Å². The second-order valence-electron chi connectivity index (χ2n) is 8.77. The van der Waals surface area contributed by atoms with Gasteiger partial charge in [-0.2, -0.15) is 0 Å². The molecule has 0 aromatic heterocycles. The summed E-state index contributed by atoms with van der Waals surface area (Å²) in [5.41, 5.74) is 1.05. The van der Waals surface area contributed by atoms with E-state index in [4.69, 9.17) is 0 Å². The summed E-state index contributed by atoms with van der Waals surface area (Å²) >= 11 is 0. The van der Waals surface area contributed by atoms with Gasteiger partial charge in [0.05, 0.1) is 6.10 Å². The smallest absolute Gasteiger partial charge is 0.0543 e. The lowest BCUT2D eigenvalue weighted by molar-refractivity contribution is -0.116. The summed E-state index contributed by atoms with van der Waals surface area (Å²) in [6, 6.07) is 0.